The SMILES string of the molecule is CC#Cc1cc(C=O)n(C(O)[C@@H]2C[C@H](C(c3ccccc3)(c3ccccc3)c3ccccc3)CO2)c1. The van der Waals surface area contributed by atoms with E-state index in [-0.39, 0.29) is 5.92 Å². The van der Waals surface area contributed by atoms with Crippen molar-refractivity contribution in [2.45, 2.75) is 31.1 Å². The molecule has 0 amide bonds. The Hall–Kier alpha value is -3.91. The van der Waals surface area contributed by atoms with Crippen LogP contribution in [0.25, 0.3) is 0 Å². The van der Waals surface area contributed by atoms with Crippen LogP contribution in [-0.4, -0.2) is 28.7 Å². The lowest BCUT2D eigenvalue weighted by Gasteiger charge is -2.41. The molecule has 0 bridgehead atoms. The molecule has 0 saturated carbocycles. The number of aliphatic hydroxyl groups excluding tert-OH is 1. The van der Waals surface area contributed by atoms with Gasteiger partial charge in [-0.2, -0.15) is 0 Å². The second-order valence-electron chi connectivity index (χ2n) is 9.18. The van der Waals surface area contributed by atoms with Crippen molar-refractivity contribution in [1.29, 1.82) is 0 Å². The monoisotopic (exact) mass is 475 g/mol. The molecule has 0 radical (unpaired) electrons. The van der Waals surface area contributed by atoms with Gasteiger partial charge >= 0.3 is 0 Å². The number of rotatable bonds is 7. The second-order valence-corrected chi connectivity index (χ2v) is 9.18. The Bertz CT molecular complexity index is 1270. The summed E-state index contributed by atoms with van der Waals surface area (Å²) in [6, 6.07) is 33.3. The fraction of sp³-hybridized carbons (Fsp3) is 0.219. The fourth-order valence-electron chi connectivity index (χ4n) is 5.69. The largest absolute Gasteiger partial charge is 0.373 e. The Morgan fingerprint density at radius 2 is 1.47 bits per heavy atom. The van der Waals surface area contributed by atoms with Crippen molar-refractivity contribution in [1.82, 2.24) is 4.57 Å². The smallest absolute Gasteiger partial charge is 0.166 e. The molecule has 36 heavy (non-hydrogen) atoms. The van der Waals surface area contributed by atoms with E-state index < -0.39 is 17.7 Å². The second kappa shape index (κ2) is 10.4. The van der Waals surface area contributed by atoms with E-state index in [2.05, 4.69) is 84.6 Å². The van der Waals surface area contributed by atoms with E-state index in [9.17, 15) is 9.90 Å². The minimum atomic E-state index is -0.998. The normalized spacial score (nSPS) is 18.3. The van der Waals surface area contributed by atoms with Gasteiger partial charge in [0.1, 0.15) is 6.10 Å². The quantitative estimate of drug-likeness (QED) is 0.215. The first kappa shape index (κ1) is 23.8. The van der Waals surface area contributed by atoms with Crippen molar-refractivity contribution in [3.8, 4) is 11.8 Å². The molecule has 3 atom stereocenters. The highest BCUT2D eigenvalue weighted by molar-refractivity contribution is 5.73. The molecule has 1 unspecified atom stereocenters. The van der Waals surface area contributed by atoms with Crippen molar-refractivity contribution in [2.75, 3.05) is 6.61 Å². The molecule has 0 spiro atoms. The summed E-state index contributed by atoms with van der Waals surface area (Å²) in [5, 5.41) is 11.3. The molecular weight excluding hydrogens is 446 g/mol. The summed E-state index contributed by atoms with van der Waals surface area (Å²) in [6.07, 6.45) is 1.62. The van der Waals surface area contributed by atoms with Crippen LogP contribution < -0.4 is 0 Å². The van der Waals surface area contributed by atoms with Crippen molar-refractivity contribution in [2.24, 2.45) is 5.92 Å². The number of benzene rings is 3. The van der Waals surface area contributed by atoms with Gasteiger partial charge in [-0.3, -0.25) is 4.79 Å². The van der Waals surface area contributed by atoms with Crippen molar-refractivity contribution in [3.05, 3.63) is 131 Å². The van der Waals surface area contributed by atoms with E-state index in [0.29, 0.717) is 24.3 Å². The van der Waals surface area contributed by atoms with Crippen molar-refractivity contribution < 1.29 is 14.6 Å². The van der Waals surface area contributed by atoms with Gasteiger partial charge in [0.2, 0.25) is 0 Å². The van der Waals surface area contributed by atoms with E-state index >= 15 is 0 Å². The zero-order chi connectivity index (χ0) is 25.0. The average molecular weight is 476 g/mol. The first-order chi connectivity index (χ1) is 17.7. The highest BCUT2D eigenvalue weighted by Gasteiger charge is 2.48. The number of ether oxygens (including phenoxy) is 1. The van der Waals surface area contributed by atoms with Gasteiger partial charge < -0.3 is 14.4 Å². The summed E-state index contributed by atoms with van der Waals surface area (Å²) < 4.78 is 7.88. The van der Waals surface area contributed by atoms with Gasteiger partial charge in [-0.1, -0.05) is 96.9 Å². The van der Waals surface area contributed by atoms with Crippen LogP contribution in [-0.2, 0) is 10.2 Å². The van der Waals surface area contributed by atoms with Crippen LogP contribution in [0.5, 0.6) is 0 Å². The van der Waals surface area contributed by atoms with Crippen LogP contribution in [0, 0.1) is 17.8 Å². The molecule has 0 aliphatic carbocycles. The molecule has 3 aromatic carbocycles. The van der Waals surface area contributed by atoms with Crippen molar-refractivity contribution in [3.63, 3.8) is 0 Å². The summed E-state index contributed by atoms with van der Waals surface area (Å²) in [5.74, 6) is 5.86. The Kier molecular flexibility index (Phi) is 6.86. The maximum absolute atomic E-state index is 11.7. The van der Waals surface area contributed by atoms with E-state index in [1.54, 1.807) is 23.8 Å². The summed E-state index contributed by atoms with van der Waals surface area (Å²) in [7, 11) is 0. The van der Waals surface area contributed by atoms with E-state index in [1.807, 2.05) is 18.2 Å². The molecule has 1 fully saturated rings. The van der Waals surface area contributed by atoms with Crippen LogP contribution in [0.1, 0.15) is 52.3 Å². The topological polar surface area (TPSA) is 51.5 Å². The van der Waals surface area contributed by atoms with Gasteiger partial charge in [-0.25, -0.2) is 0 Å². The van der Waals surface area contributed by atoms with Crippen LogP contribution >= 0.6 is 0 Å². The van der Waals surface area contributed by atoms with Gasteiger partial charge in [0.15, 0.2) is 12.5 Å². The molecule has 1 aliphatic rings. The number of hydrogen-bond donors (Lipinski definition) is 1. The van der Waals surface area contributed by atoms with E-state index in [1.165, 1.54) is 16.7 Å². The predicted octanol–water partition coefficient (Wildman–Crippen LogP) is 5.60. The van der Waals surface area contributed by atoms with Crippen LogP contribution in [0.3, 0.4) is 0 Å². The van der Waals surface area contributed by atoms with Gasteiger partial charge in [0.25, 0.3) is 0 Å². The summed E-state index contributed by atoms with van der Waals surface area (Å²) in [4.78, 5) is 11.7. The number of carbonyl (C=O) groups excluding carboxylic acids is 1. The molecule has 4 aromatic rings. The van der Waals surface area contributed by atoms with Crippen LogP contribution in [0.2, 0.25) is 0 Å². The first-order valence-corrected chi connectivity index (χ1v) is 12.2. The standard InChI is InChI=1S/C32H29NO3/c1-2-12-24-19-29(22-34)33(21-24)31(35)30-20-28(23-36-30)32(25-13-6-3-7-14-25,26-15-8-4-9-16-26)27-17-10-5-11-18-27/h3-11,13-19,21-22,28,30-31,35H,20,23H2,1H3/t28-,30-,31?/m0/s1. The maximum atomic E-state index is 11.7. The van der Waals surface area contributed by atoms with Gasteiger partial charge in [0, 0.05) is 17.7 Å². The highest BCUT2D eigenvalue weighted by Crippen LogP contribution is 2.50. The van der Waals surface area contributed by atoms with Gasteiger partial charge in [-0.15, -0.1) is 5.92 Å². The zero-order valence-electron chi connectivity index (χ0n) is 20.2. The number of aldehydes is 1. The summed E-state index contributed by atoms with van der Waals surface area (Å²) >= 11 is 0. The molecule has 4 nitrogen and oxygen atoms in total. The molecule has 1 N–H and O–H groups in total. The third-order valence-corrected chi connectivity index (χ3v) is 7.22. The lowest BCUT2D eigenvalue weighted by Crippen LogP contribution is -2.38. The number of aliphatic hydroxyl groups is 1. The highest BCUT2D eigenvalue weighted by atomic mass is 16.5. The molecule has 5 rings (SSSR count). The third kappa shape index (κ3) is 4.18. The number of hydrogen-bond acceptors (Lipinski definition) is 3. The van der Waals surface area contributed by atoms with E-state index in [0.717, 1.165) is 6.29 Å². The Morgan fingerprint density at radius 1 is 0.944 bits per heavy atom. The molecule has 1 aromatic heterocycles. The molecule has 4 heteroatoms. The Morgan fingerprint density at radius 3 is 1.94 bits per heavy atom. The minimum Gasteiger partial charge on any atom is -0.373 e. The van der Waals surface area contributed by atoms with E-state index in [4.69, 9.17) is 4.74 Å². The Balaban J connectivity index is 1.59. The van der Waals surface area contributed by atoms with Gasteiger partial charge in [0.05, 0.1) is 17.7 Å². The summed E-state index contributed by atoms with van der Waals surface area (Å²) in [6.45, 7) is 2.22. The zero-order valence-corrected chi connectivity index (χ0v) is 20.2. The lowest BCUT2D eigenvalue weighted by atomic mass is 9.61. The molecule has 1 aliphatic heterocycles. The third-order valence-electron chi connectivity index (χ3n) is 7.22. The number of carbonyl (C=O) groups is 1. The fourth-order valence-corrected chi connectivity index (χ4v) is 5.69. The average Bonchev–Trinajstić information content (AvgIpc) is 3.59. The summed E-state index contributed by atoms with van der Waals surface area (Å²) in [5.41, 5.74) is 4.15. The number of nitrogens with zero attached hydrogens (tertiary/aromatic N) is 1. The van der Waals surface area contributed by atoms with Crippen LogP contribution in [0.15, 0.2) is 103 Å². The maximum Gasteiger partial charge on any atom is 0.166 e. The minimum absolute atomic E-state index is 0.0505. The van der Waals surface area contributed by atoms with Crippen LogP contribution in [0.4, 0.5) is 0 Å². The molecule has 180 valence electrons. The lowest BCUT2D eigenvalue weighted by molar-refractivity contribution is -0.0432. The first-order valence-electron chi connectivity index (χ1n) is 12.2. The molecular formula is C32H29NO3. The van der Waals surface area contributed by atoms with Gasteiger partial charge in [-0.05, 0) is 36.1 Å². The predicted molar refractivity (Wildman–Crippen MR) is 141 cm³/mol. The molecule has 2 heterocycles. The number of aromatic nitrogens is 1. The molecule has 1 saturated heterocycles. The Labute approximate surface area is 212 Å². The van der Waals surface area contributed by atoms with Crippen molar-refractivity contribution >= 4 is 6.29 Å².